The zero-order valence-electron chi connectivity index (χ0n) is 18.7. The van der Waals surface area contributed by atoms with E-state index in [1.54, 1.807) is 53.9 Å². The highest BCUT2D eigenvalue weighted by atomic mass is 35.5. The monoisotopic (exact) mass is 466 g/mol. The average Bonchev–Trinajstić information content (AvgIpc) is 2.99. The SMILES string of the molecule is CCOC(=O)c1c(NC(=O)C(C)(C)Oc2cc(C)ccc2Cl)sc(C(=O)N(C)C)c1C. The first-order chi connectivity index (χ1) is 14.4. The van der Waals surface area contributed by atoms with Gasteiger partial charge < -0.3 is 19.7 Å². The van der Waals surface area contributed by atoms with E-state index in [0.717, 1.165) is 16.9 Å². The van der Waals surface area contributed by atoms with Crippen LogP contribution in [0.2, 0.25) is 5.02 Å². The van der Waals surface area contributed by atoms with Crippen LogP contribution in [0.3, 0.4) is 0 Å². The quantitative estimate of drug-likeness (QED) is 0.598. The second-order valence-corrected chi connectivity index (χ2v) is 9.11. The molecule has 0 saturated heterocycles. The largest absolute Gasteiger partial charge is 0.476 e. The molecule has 1 N–H and O–H groups in total. The van der Waals surface area contributed by atoms with E-state index < -0.39 is 17.5 Å². The topological polar surface area (TPSA) is 84.9 Å². The van der Waals surface area contributed by atoms with Crippen molar-refractivity contribution in [2.75, 3.05) is 26.0 Å². The van der Waals surface area contributed by atoms with E-state index in [-0.39, 0.29) is 23.1 Å². The minimum absolute atomic E-state index is 0.162. The molecule has 0 unspecified atom stereocenters. The molecule has 0 aliphatic carbocycles. The van der Waals surface area contributed by atoms with Crippen molar-refractivity contribution in [1.82, 2.24) is 4.90 Å². The number of amides is 2. The van der Waals surface area contributed by atoms with Crippen molar-refractivity contribution in [3.05, 3.63) is 44.8 Å². The molecule has 31 heavy (non-hydrogen) atoms. The first kappa shape index (κ1) is 24.7. The number of carbonyl (C=O) groups excluding carboxylic acids is 3. The van der Waals surface area contributed by atoms with Gasteiger partial charge in [0.05, 0.1) is 22.1 Å². The second-order valence-electron chi connectivity index (χ2n) is 7.68. The Morgan fingerprint density at radius 3 is 2.42 bits per heavy atom. The molecule has 2 rings (SSSR count). The van der Waals surface area contributed by atoms with Gasteiger partial charge in [-0.05, 0) is 57.9 Å². The number of hydrogen-bond donors (Lipinski definition) is 1. The highest BCUT2D eigenvalue weighted by Crippen LogP contribution is 2.36. The minimum atomic E-state index is -1.31. The van der Waals surface area contributed by atoms with Crippen LogP contribution in [-0.2, 0) is 9.53 Å². The molecule has 1 aromatic heterocycles. The Kier molecular flexibility index (Phi) is 7.72. The Morgan fingerprint density at radius 2 is 1.84 bits per heavy atom. The number of aryl methyl sites for hydroxylation is 1. The summed E-state index contributed by atoms with van der Waals surface area (Å²) < 4.78 is 11.0. The third kappa shape index (κ3) is 5.57. The van der Waals surface area contributed by atoms with E-state index in [1.165, 1.54) is 4.90 Å². The number of ether oxygens (including phenoxy) is 2. The van der Waals surface area contributed by atoms with Gasteiger partial charge in [-0.1, -0.05) is 17.7 Å². The van der Waals surface area contributed by atoms with Gasteiger partial charge in [0.25, 0.3) is 11.8 Å². The van der Waals surface area contributed by atoms with Crippen molar-refractivity contribution >= 4 is 45.7 Å². The molecule has 1 aromatic carbocycles. The second kappa shape index (κ2) is 9.70. The molecule has 0 radical (unpaired) electrons. The van der Waals surface area contributed by atoms with Gasteiger partial charge in [-0.2, -0.15) is 0 Å². The Hall–Kier alpha value is -2.58. The summed E-state index contributed by atoms with van der Waals surface area (Å²) in [6.45, 7) is 8.59. The lowest BCUT2D eigenvalue weighted by molar-refractivity contribution is -0.128. The van der Waals surface area contributed by atoms with Crippen LogP contribution >= 0.6 is 22.9 Å². The van der Waals surface area contributed by atoms with E-state index in [0.29, 0.717) is 21.2 Å². The Labute approximate surface area is 191 Å². The number of anilines is 1. The van der Waals surface area contributed by atoms with Gasteiger partial charge in [-0.15, -0.1) is 11.3 Å². The lowest BCUT2D eigenvalue weighted by Gasteiger charge is -2.26. The Morgan fingerprint density at radius 1 is 1.19 bits per heavy atom. The molecule has 0 aliphatic rings. The van der Waals surface area contributed by atoms with Gasteiger partial charge in [-0.3, -0.25) is 9.59 Å². The smallest absolute Gasteiger partial charge is 0.341 e. The van der Waals surface area contributed by atoms with Crippen LogP contribution in [0.5, 0.6) is 5.75 Å². The molecular weight excluding hydrogens is 440 g/mol. The van der Waals surface area contributed by atoms with Crippen molar-refractivity contribution in [3.8, 4) is 5.75 Å². The van der Waals surface area contributed by atoms with Crippen LogP contribution in [-0.4, -0.2) is 49.0 Å². The van der Waals surface area contributed by atoms with Crippen LogP contribution in [0.25, 0.3) is 0 Å². The van der Waals surface area contributed by atoms with E-state index in [2.05, 4.69) is 5.32 Å². The average molecular weight is 467 g/mol. The van der Waals surface area contributed by atoms with Crippen LogP contribution < -0.4 is 10.1 Å². The standard InChI is InChI=1S/C22H27ClN2O5S/c1-8-29-20(27)16-13(3)17(19(26)25(6)7)31-18(16)24-21(28)22(4,5)30-15-11-12(2)9-10-14(15)23/h9-11H,8H2,1-7H3,(H,24,28). The molecule has 0 fully saturated rings. The third-order valence-electron chi connectivity index (χ3n) is 4.45. The van der Waals surface area contributed by atoms with Crippen molar-refractivity contribution in [2.24, 2.45) is 0 Å². The highest BCUT2D eigenvalue weighted by Gasteiger charge is 2.34. The minimum Gasteiger partial charge on any atom is -0.476 e. The molecule has 0 saturated carbocycles. The van der Waals surface area contributed by atoms with Crippen LogP contribution in [0.15, 0.2) is 18.2 Å². The molecule has 0 spiro atoms. The number of nitrogens with zero attached hydrogens (tertiary/aromatic N) is 1. The molecule has 2 amide bonds. The highest BCUT2D eigenvalue weighted by molar-refractivity contribution is 7.18. The fourth-order valence-corrected chi connectivity index (χ4v) is 4.09. The van der Waals surface area contributed by atoms with Crippen LogP contribution in [0.4, 0.5) is 5.00 Å². The third-order valence-corrected chi connectivity index (χ3v) is 5.96. The van der Waals surface area contributed by atoms with Gasteiger partial charge in [0.15, 0.2) is 5.60 Å². The maximum atomic E-state index is 13.1. The maximum Gasteiger partial charge on any atom is 0.341 e. The van der Waals surface area contributed by atoms with Gasteiger partial charge in [0, 0.05) is 14.1 Å². The van der Waals surface area contributed by atoms with Crippen molar-refractivity contribution in [3.63, 3.8) is 0 Å². The number of carbonyl (C=O) groups is 3. The fourth-order valence-electron chi connectivity index (χ4n) is 2.72. The first-order valence-corrected chi connectivity index (χ1v) is 10.9. The van der Waals surface area contributed by atoms with E-state index >= 15 is 0 Å². The molecule has 168 valence electrons. The number of rotatable bonds is 7. The summed E-state index contributed by atoms with van der Waals surface area (Å²) in [5.74, 6) is -1.00. The van der Waals surface area contributed by atoms with Gasteiger partial charge in [0.1, 0.15) is 10.8 Å². The summed E-state index contributed by atoms with van der Waals surface area (Å²) in [7, 11) is 3.23. The summed E-state index contributed by atoms with van der Waals surface area (Å²) in [6.07, 6.45) is 0. The Balaban J connectivity index is 2.39. The zero-order valence-corrected chi connectivity index (χ0v) is 20.3. The molecule has 0 aliphatic heterocycles. The number of halogens is 1. The number of esters is 1. The molecule has 2 aromatic rings. The van der Waals surface area contributed by atoms with Gasteiger partial charge in [0.2, 0.25) is 0 Å². The number of hydrogen-bond acceptors (Lipinski definition) is 6. The summed E-state index contributed by atoms with van der Waals surface area (Å²) in [5, 5.41) is 3.35. The summed E-state index contributed by atoms with van der Waals surface area (Å²) in [5.41, 5.74) is 0.237. The van der Waals surface area contributed by atoms with Gasteiger partial charge in [-0.25, -0.2) is 4.79 Å². The van der Waals surface area contributed by atoms with Crippen molar-refractivity contribution in [2.45, 2.75) is 40.2 Å². The molecule has 0 bridgehead atoms. The normalized spacial score (nSPS) is 11.1. The predicted molar refractivity (Wildman–Crippen MR) is 123 cm³/mol. The summed E-state index contributed by atoms with van der Waals surface area (Å²) >= 11 is 7.23. The van der Waals surface area contributed by atoms with E-state index in [9.17, 15) is 14.4 Å². The number of thiophene rings is 1. The Bertz CT molecular complexity index is 1010. The van der Waals surface area contributed by atoms with Crippen molar-refractivity contribution < 1.29 is 23.9 Å². The van der Waals surface area contributed by atoms with Gasteiger partial charge >= 0.3 is 5.97 Å². The van der Waals surface area contributed by atoms with E-state index in [1.807, 2.05) is 13.0 Å². The molecule has 0 atom stereocenters. The maximum absolute atomic E-state index is 13.1. The van der Waals surface area contributed by atoms with Crippen LogP contribution in [0, 0.1) is 13.8 Å². The zero-order chi connectivity index (χ0) is 23.5. The predicted octanol–water partition coefficient (Wildman–Crippen LogP) is 4.69. The fraction of sp³-hybridized carbons (Fsp3) is 0.409. The van der Waals surface area contributed by atoms with Crippen molar-refractivity contribution in [1.29, 1.82) is 0 Å². The molecular formula is C22H27ClN2O5S. The number of benzene rings is 1. The molecule has 9 heteroatoms. The first-order valence-electron chi connectivity index (χ1n) is 9.67. The van der Waals surface area contributed by atoms with Crippen LogP contribution in [0.1, 0.15) is 51.9 Å². The lowest BCUT2D eigenvalue weighted by atomic mass is 10.1. The van der Waals surface area contributed by atoms with E-state index in [4.69, 9.17) is 21.1 Å². The number of nitrogens with one attached hydrogen (secondary N) is 1. The molecule has 7 nitrogen and oxygen atoms in total. The lowest BCUT2D eigenvalue weighted by Crippen LogP contribution is -2.42. The molecule has 1 heterocycles. The summed E-state index contributed by atoms with van der Waals surface area (Å²) in [4.78, 5) is 39.9. The summed E-state index contributed by atoms with van der Waals surface area (Å²) in [6, 6.07) is 5.27.